The van der Waals surface area contributed by atoms with Gasteiger partial charge in [0.05, 0.1) is 10.9 Å². The van der Waals surface area contributed by atoms with Gasteiger partial charge in [0, 0.05) is 6.20 Å². The van der Waals surface area contributed by atoms with Crippen molar-refractivity contribution in [1.29, 1.82) is 0 Å². The van der Waals surface area contributed by atoms with E-state index in [-0.39, 0.29) is 11.0 Å². The summed E-state index contributed by atoms with van der Waals surface area (Å²) in [5, 5.41) is 7.57. The van der Waals surface area contributed by atoms with Gasteiger partial charge in [-0.25, -0.2) is 19.1 Å². The standard InChI is InChI=1S/C26H31N5O5S/c1-17(21(32)30(18-13-9-8-10-14-18)23(33)35-25(2,3)4)37-22-29-28-20(19-15-11-12-16-27-19)31(22)24(34)36-26(5,6)7/h8-17H,1-7H3. The molecule has 0 N–H and O–H groups in total. The topological polar surface area (TPSA) is 117 Å². The molecule has 1 unspecified atom stereocenters. The molecule has 3 rings (SSSR count). The van der Waals surface area contributed by atoms with Crippen LogP contribution in [0.1, 0.15) is 48.5 Å². The van der Waals surface area contributed by atoms with Crippen molar-refractivity contribution in [1.82, 2.24) is 19.7 Å². The molecule has 1 aromatic carbocycles. The van der Waals surface area contributed by atoms with E-state index < -0.39 is 34.5 Å². The second-order valence-corrected chi connectivity index (χ2v) is 11.4. The van der Waals surface area contributed by atoms with Crippen LogP contribution in [0.3, 0.4) is 0 Å². The quantitative estimate of drug-likeness (QED) is 0.394. The van der Waals surface area contributed by atoms with Crippen molar-refractivity contribution < 1.29 is 23.9 Å². The summed E-state index contributed by atoms with van der Waals surface area (Å²) in [6.45, 7) is 12.0. The fourth-order valence-corrected chi connectivity index (χ4v) is 3.95. The summed E-state index contributed by atoms with van der Waals surface area (Å²) in [5.74, 6) is -0.382. The molecule has 0 radical (unpaired) electrons. The molecule has 0 saturated carbocycles. The van der Waals surface area contributed by atoms with Crippen molar-refractivity contribution in [3.05, 3.63) is 54.7 Å². The first kappa shape index (κ1) is 27.9. The maximum Gasteiger partial charge on any atom is 0.422 e. The van der Waals surface area contributed by atoms with Crippen LogP contribution < -0.4 is 4.90 Å². The average Bonchev–Trinajstić information content (AvgIpc) is 3.22. The molecule has 0 fully saturated rings. The monoisotopic (exact) mass is 525 g/mol. The van der Waals surface area contributed by atoms with Crippen molar-refractivity contribution in [2.45, 2.75) is 70.1 Å². The number of carbonyl (C=O) groups is 3. The smallest absolute Gasteiger partial charge is 0.422 e. The largest absolute Gasteiger partial charge is 0.443 e. The minimum Gasteiger partial charge on any atom is -0.443 e. The summed E-state index contributed by atoms with van der Waals surface area (Å²) in [7, 11) is 0. The number of anilines is 1. The number of rotatable bonds is 5. The van der Waals surface area contributed by atoms with E-state index in [0.29, 0.717) is 11.4 Å². The maximum atomic E-state index is 13.6. The van der Waals surface area contributed by atoms with Crippen molar-refractivity contribution in [3.8, 4) is 11.5 Å². The summed E-state index contributed by atoms with van der Waals surface area (Å²) in [6.07, 6.45) is 0.0485. The van der Waals surface area contributed by atoms with E-state index in [9.17, 15) is 14.4 Å². The molecule has 0 spiro atoms. The molecule has 1 atom stereocenters. The molecule has 0 aliphatic rings. The van der Waals surface area contributed by atoms with Crippen LogP contribution in [0.4, 0.5) is 15.3 Å². The van der Waals surface area contributed by atoms with Crippen LogP contribution in [0.5, 0.6) is 0 Å². The number of para-hydroxylation sites is 1. The van der Waals surface area contributed by atoms with Crippen LogP contribution >= 0.6 is 11.8 Å². The number of imide groups is 1. The van der Waals surface area contributed by atoms with Gasteiger partial charge in [-0.1, -0.05) is 36.0 Å². The Morgan fingerprint density at radius 2 is 1.51 bits per heavy atom. The zero-order valence-electron chi connectivity index (χ0n) is 22.0. The Bertz CT molecular complexity index is 1250. The highest BCUT2D eigenvalue weighted by Gasteiger charge is 2.34. The summed E-state index contributed by atoms with van der Waals surface area (Å²) in [6, 6.07) is 13.7. The molecule has 0 aliphatic heterocycles. The van der Waals surface area contributed by atoms with E-state index in [1.54, 1.807) is 103 Å². The van der Waals surface area contributed by atoms with Crippen LogP contribution in [0.25, 0.3) is 11.5 Å². The van der Waals surface area contributed by atoms with Gasteiger partial charge in [-0.05, 0) is 72.7 Å². The lowest BCUT2D eigenvalue weighted by Gasteiger charge is -2.27. The van der Waals surface area contributed by atoms with E-state index in [1.807, 2.05) is 0 Å². The van der Waals surface area contributed by atoms with Crippen molar-refractivity contribution in [3.63, 3.8) is 0 Å². The summed E-state index contributed by atoms with van der Waals surface area (Å²) in [4.78, 5) is 45.0. The highest BCUT2D eigenvalue weighted by molar-refractivity contribution is 8.00. The van der Waals surface area contributed by atoms with Gasteiger partial charge >= 0.3 is 12.2 Å². The number of ether oxygens (including phenoxy) is 2. The fourth-order valence-electron chi connectivity index (χ4n) is 3.08. The molecule has 0 bridgehead atoms. The Balaban J connectivity index is 1.97. The van der Waals surface area contributed by atoms with Gasteiger partial charge in [0.15, 0.2) is 5.82 Å². The number of hydrogen-bond acceptors (Lipinski definition) is 9. The third-order valence-electron chi connectivity index (χ3n) is 4.54. The number of thioether (sulfide) groups is 1. The summed E-state index contributed by atoms with van der Waals surface area (Å²) in [5.41, 5.74) is -0.828. The predicted octanol–water partition coefficient (Wildman–Crippen LogP) is 5.57. The van der Waals surface area contributed by atoms with Gasteiger partial charge in [-0.3, -0.25) is 9.78 Å². The lowest BCUT2D eigenvalue weighted by Crippen LogP contribution is -2.44. The molecular weight excluding hydrogens is 494 g/mol. The minimum absolute atomic E-state index is 0.118. The normalized spacial score (nSPS) is 12.5. The molecule has 37 heavy (non-hydrogen) atoms. The van der Waals surface area contributed by atoms with E-state index in [2.05, 4.69) is 15.2 Å². The third kappa shape index (κ3) is 7.39. The third-order valence-corrected chi connectivity index (χ3v) is 5.57. The van der Waals surface area contributed by atoms with Gasteiger partial charge in [-0.15, -0.1) is 10.2 Å². The average molecular weight is 526 g/mol. The van der Waals surface area contributed by atoms with Gasteiger partial charge < -0.3 is 9.47 Å². The number of amides is 2. The van der Waals surface area contributed by atoms with E-state index in [1.165, 1.54) is 4.57 Å². The first-order valence-corrected chi connectivity index (χ1v) is 12.5. The number of carbonyl (C=O) groups excluding carboxylic acids is 3. The maximum absolute atomic E-state index is 13.6. The van der Waals surface area contributed by atoms with Crippen LogP contribution in [0.2, 0.25) is 0 Å². The molecule has 196 valence electrons. The van der Waals surface area contributed by atoms with Gasteiger partial charge in [0.1, 0.15) is 16.9 Å². The summed E-state index contributed by atoms with van der Waals surface area (Å²) >= 11 is 0.968. The zero-order valence-corrected chi connectivity index (χ0v) is 22.8. The number of aromatic nitrogens is 4. The van der Waals surface area contributed by atoms with Crippen LogP contribution in [0.15, 0.2) is 59.9 Å². The second kappa shape index (κ2) is 11.1. The zero-order chi connectivity index (χ0) is 27.4. The Labute approximate surface area is 220 Å². The van der Waals surface area contributed by atoms with Gasteiger partial charge in [0.25, 0.3) is 0 Å². The highest BCUT2D eigenvalue weighted by Crippen LogP contribution is 2.30. The van der Waals surface area contributed by atoms with E-state index >= 15 is 0 Å². The van der Waals surface area contributed by atoms with Gasteiger partial charge in [0.2, 0.25) is 11.1 Å². The molecule has 2 aromatic heterocycles. The Hall–Kier alpha value is -3.73. The van der Waals surface area contributed by atoms with Crippen molar-refractivity contribution >= 4 is 35.5 Å². The molecule has 0 aliphatic carbocycles. The predicted molar refractivity (Wildman–Crippen MR) is 140 cm³/mol. The molecule has 11 heteroatoms. The molecule has 3 aromatic rings. The van der Waals surface area contributed by atoms with Crippen LogP contribution in [-0.2, 0) is 14.3 Å². The number of benzene rings is 1. The number of pyridine rings is 1. The molecule has 2 amide bonds. The molecule has 0 saturated heterocycles. The first-order chi connectivity index (χ1) is 17.3. The number of hydrogen-bond donors (Lipinski definition) is 0. The minimum atomic E-state index is -0.852. The molecule has 2 heterocycles. The number of nitrogens with zero attached hydrogens (tertiary/aromatic N) is 5. The highest BCUT2D eigenvalue weighted by atomic mass is 32.2. The van der Waals surface area contributed by atoms with Crippen LogP contribution in [0, 0.1) is 0 Å². The van der Waals surface area contributed by atoms with Crippen molar-refractivity contribution in [2.75, 3.05) is 4.90 Å². The van der Waals surface area contributed by atoms with E-state index in [0.717, 1.165) is 16.7 Å². The van der Waals surface area contributed by atoms with E-state index in [4.69, 9.17) is 9.47 Å². The Kier molecular flexibility index (Phi) is 8.37. The first-order valence-electron chi connectivity index (χ1n) is 11.7. The van der Waals surface area contributed by atoms with Crippen LogP contribution in [-0.4, -0.2) is 54.3 Å². The Morgan fingerprint density at radius 1 is 0.892 bits per heavy atom. The SMILES string of the molecule is CC(Sc1nnc(-c2ccccn2)n1C(=O)OC(C)(C)C)C(=O)N(C(=O)OC(C)(C)C)c1ccccc1. The second-order valence-electron chi connectivity index (χ2n) is 10.1. The Morgan fingerprint density at radius 3 is 2.08 bits per heavy atom. The van der Waals surface area contributed by atoms with Gasteiger partial charge in [-0.2, -0.15) is 0 Å². The molecular formula is C26H31N5O5S. The lowest BCUT2D eigenvalue weighted by molar-refractivity contribution is -0.117. The lowest BCUT2D eigenvalue weighted by atomic mass is 10.2. The summed E-state index contributed by atoms with van der Waals surface area (Å²) < 4.78 is 12.2. The molecule has 10 nitrogen and oxygen atoms in total. The van der Waals surface area contributed by atoms with Crippen molar-refractivity contribution in [2.24, 2.45) is 0 Å². The fraction of sp³-hybridized carbons (Fsp3) is 0.385.